The van der Waals surface area contributed by atoms with Crippen molar-refractivity contribution in [2.75, 3.05) is 6.54 Å². The van der Waals surface area contributed by atoms with E-state index in [0.717, 1.165) is 35.0 Å². The summed E-state index contributed by atoms with van der Waals surface area (Å²) in [5.74, 6) is 0. The highest BCUT2D eigenvalue weighted by atomic mass is 32.1. The molecule has 21 heavy (non-hydrogen) atoms. The van der Waals surface area contributed by atoms with Crippen molar-refractivity contribution in [1.29, 1.82) is 0 Å². The number of benzene rings is 1. The number of halogens is 3. The molecular formula is C15H17F3N2S. The van der Waals surface area contributed by atoms with Gasteiger partial charge in [-0.15, -0.1) is 11.3 Å². The van der Waals surface area contributed by atoms with E-state index in [4.69, 9.17) is 0 Å². The first-order valence-electron chi connectivity index (χ1n) is 6.78. The fraction of sp³-hybridized carbons (Fsp3) is 0.400. The molecule has 0 saturated carbocycles. The molecule has 6 heteroatoms. The smallest absolute Gasteiger partial charge is 0.309 e. The molecule has 0 bridgehead atoms. The van der Waals surface area contributed by atoms with Gasteiger partial charge < -0.3 is 5.32 Å². The van der Waals surface area contributed by atoms with Crippen LogP contribution in [0.4, 0.5) is 13.2 Å². The summed E-state index contributed by atoms with van der Waals surface area (Å²) in [5, 5.41) is 4.10. The highest BCUT2D eigenvalue weighted by Crippen LogP contribution is 2.33. The van der Waals surface area contributed by atoms with Gasteiger partial charge in [0, 0.05) is 22.7 Å². The summed E-state index contributed by atoms with van der Waals surface area (Å²) in [5.41, 5.74) is 0.0722. The average Bonchev–Trinajstić information content (AvgIpc) is 2.94. The number of alkyl halides is 3. The third-order valence-corrected chi connectivity index (χ3v) is 4.34. The monoisotopic (exact) mass is 314 g/mol. The number of thiazole rings is 1. The zero-order valence-electron chi connectivity index (χ0n) is 11.9. The topological polar surface area (TPSA) is 24.9 Å². The second kappa shape index (κ2) is 6.58. The van der Waals surface area contributed by atoms with Gasteiger partial charge in [0.25, 0.3) is 0 Å². The van der Waals surface area contributed by atoms with E-state index in [-0.39, 0.29) is 6.04 Å². The standard InChI is InChI=1S/C15H17F3N2S/c1-3-8-19-10(2)13-9-20-14(21-13)11-4-6-12(7-5-11)15(16,17)18/h4-7,9-10,19H,3,8H2,1-2H3. The minimum Gasteiger partial charge on any atom is -0.309 e. The first-order chi connectivity index (χ1) is 9.91. The third kappa shape index (κ3) is 4.04. The third-order valence-electron chi connectivity index (χ3n) is 3.11. The van der Waals surface area contributed by atoms with Crippen molar-refractivity contribution in [2.45, 2.75) is 32.5 Å². The van der Waals surface area contributed by atoms with Crippen molar-refractivity contribution in [1.82, 2.24) is 10.3 Å². The van der Waals surface area contributed by atoms with Crippen LogP contribution in [0.25, 0.3) is 10.6 Å². The van der Waals surface area contributed by atoms with Crippen LogP contribution in [-0.4, -0.2) is 11.5 Å². The van der Waals surface area contributed by atoms with Crippen LogP contribution < -0.4 is 5.32 Å². The van der Waals surface area contributed by atoms with Crippen LogP contribution in [0.15, 0.2) is 30.5 Å². The van der Waals surface area contributed by atoms with Gasteiger partial charge in [-0.1, -0.05) is 19.1 Å². The highest BCUT2D eigenvalue weighted by Gasteiger charge is 2.30. The molecular weight excluding hydrogens is 297 g/mol. The summed E-state index contributed by atoms with van der Waals surface area (Å²) in [6.07, 6.45) is -1.47. The van der Waals surface area contributed by atoms with Gasteiger partial charge in [0.15, 0.2) is 0 Å². The summed E-state index contributed by atoms with van der Waals surface area (Å²) in [4.78, 5) is 5.39. The number of aromatic nitrogens is 1. The van der Waals surface area contributed by atoms with Crippen molar-refractivity contribution >= 4 is 11.3 Å². The van der Waals surface area contributed by atoms with Gasteiger partial charge in [0.05, 0.1) is 5.56 Å². The molecule has 1 N–H and O–H groups in total. The first kappa shape index (κ1) is 16.0. The molecule has 0 amide bonds. The molecule has 1 aromatic carbocycles. The molecule has 0 saturated heterocycles. The Morgan fingerprint density at radius 1 is 1.24 bits per heavy atom. The van der Waals surface area contributed by atoms with Gasteiger partial charge in [0.1, 0.15) is 5.01 Å². The van der Waals surface area contributed by atoms with E-state index in [2.05, 4.69) is 24.1 Å². The van der Waals surface area contributed by atoms with Crippen molar-refractivity contribution in [3.05, 3.63) is 40.9 Å². The SMILES string of the molecule is CCCNC(C)c1cnc(-c2ccc(C(F)(F)F)cc2)s1. The number of rotatable bonds is 5. The minimum absolute atomic E-state index is 0.200. The van der Waals surface area contributed by atoms with Crippen LogP contribution in [-0.2, 0) is 6.18 Å². The fourth-order valence-electron chi connectivity index (χ4n) is 1.88. The lowest BCUT2D eigenvalue weighted by atomic mass is 10.1. The second-order valence-corrected chi connectivity index (χ2v) is 5.88. The normalized spacial score (nSPS) is 13.4. The number of nitrogens with zero attached hydrogens (tertiary/aromatic N) is 1. The maximum absolute atomic E-state index is 12.5. The van der Waals surface area contributed by atoms with Gasteiger partial charge in [-0.05, 0) is 32.0 Å². The second-order valence-electron chi connectivity index (χ2n) is 4.82. The molecule has 2 rings (SSSR count). The Kier molecular flexibility index (Phi) is 5.00. The van der Waals surface area contributed by atoms with Crippen molar-refractivity contribution in [2.24, 2.45) is 0 Å². The molecule has 0 aliphatic heterocycles. The number of hydrogen-bond donors (Lipinski definition) is 1. The molecule has 0 aliphatic rings. The van der Waals surface area contributed by atoms with Crippen molar-refractivity contribution in [3.63, 3.8) is 0 Å². The van der Waals surface area contributed by atoms with E-state index in [1.54, 1.807) is 6.20 Å². The maximum atomic E-state index is 12.5. The Morgan fingerprint density at radius 3 is 2.48 bits per heavy atom. The average molecular weight is 314 g/mol. The molecule has 0 radical (unpaired) electrons. The Labute approximate surface area is 126 Å². The summed E-state index contributed by atoms with van der Waals surface area (Å²) in [6.45, 7) is 5.08. The molecule has 2 nitrogen and oxygen atoms in total. The summed E-state index contributed by atoms with van der Waals surface area (Å²) < 4.78 is 37.6. The van der Waals surface area contributed by atoms with Crippen molar-refractivity contribution in [3.8, 4) is 10.6 Å². The minimum atomic E-state index is -4.30. The van der Waals surface area contributed by atoms with Crippen LogP contribution in [0, 0.1) is 0 Å². The van der Waals surface area contributed by atoms with E-state index < -0.39 is 11.7 Å². The van der Waals surface area contributed by atoms with E-state index >= 15 is 0 Å². The van der Waals surface area contributed by atoms with Crippen LogP contribution >= 0.6 is 11.3 Å². The van der Waals surface area contributed by atoms with Crippen LogP contribution in [0.3, 0.4) is 0 Å². The Balaban J connectivity index is 2.14. The molecule has 0 spiro atoms. The maximum Gasteiger partial charge on any atom is 0.416 e. The largest absolute Gasteiger partial charge is 0.416 e. The number of nitrogens with one attached hydrogen (secondary N) is 1. The molecule has 0 aliphatic carbocycles. The van der Waals surface area contributed by atoms with E-state index in [9.17, 15) is 13.2 Å². The lowest BCUT2D eigenvalue weighted by Gasteiger charge is -2.09. The van der Waals surface area contributed by atoms with Crippen molar-refractivity contribution < 1.29 is 13.2 Å². The molecule has 1 unspecified atom stereocenters. The Hall–Kier alpha value is -1.40. The molecule has 114 valence electrons. The predicted octanol–water partition coefficient (Wildman–Crippen LogP) is 4.89. The molecule has 1 aromatic heterocycles. The predicted molar refractivity (Wildman–Crippen MR) is 79.3 cm³/mol. The van der Waals surface area contributed by atoms with Crippen LogP contribution in [0.2, 0.25) is 0 Å². The zero-order valence-corrected chi connectivity index (χ0v) is 12.7. The summed E-state index contributed by atoms with van der Waals surface area (Å²) in [7, 11) is 0. The first-order valence-corrected chi connectivity index (χ1v) is 7.60. The lowest BCUT2D eigenvalue weighted by molar-refractivity contribution is -0.137. The van der Waals surface area contributed by atoms with E-state index in [1.807, 2.05) is 0 Å². The highest BCUT2D eigenvalue weighted by molar-refractivity contribution is 7.15. The Morgan fingerprint density at radius 2 is 1.90 bits per heavy atom. The summed E-state index contributed by atoms with van der Waals surface area (Å²) in [6, 6.07) is 5.32. The molecule has 1 atom stereocenters. The van der Waals surface area contributed by atoms with Crippen LogP contribution in [0.1, 0.15) is 36.8 Å². The molecule has 1 heterocycles. The van der Waals surface area contributed by atoms with E-state index in [1.165, 1.54) is 23.5 Å². The van der Waals surface area contributed by atoms with Gasteiger partial charge in [-0.2, -0.15) is 13.2 Å². The van der Waals surface area contributed by atoms with Crippen LogP contribution in [0.5, 0.6) is 0 Å². The van der Waals surface area contributed by atoms with Gasteiger partial charge >= 0.3 is 6.18 Å². The lowest BCUT2D eigenvalue weighted by Crippen LogP contribution is -2.18. The summed E-state index contributed by atoms with van der Waals surface area (Å²) >= 11 is 1.50. The molecule has 0 fully saturated rings. The van der Waals surface area contributed by atoms with E-state index in [0.29, 0.717) is 5.56 Å². The zero-order chi connectivity index (χ0) is 15.5. The molecule has 2 aromatic rings. The quantitative estimate of drug-likeness (QED) is 0.850. The number of hydrogen-bond acceptors (Lipinski definition) is 3. The fourth-order valence-corrected chi connectivity index (χ4v) is 2.83. The Bertz CT molecular complexity index is 575. The van der Waals surface area contributed by atoms with Gasteiger partial charge in [-0.3, -0.25) is 0 Å². The van der Waals surface area contributed by atoms with Gasteiger partial charge in [-0.25, -0.2) is 4.98 Å². The van der Waals surface area contributed by atoms with Gasteiger partial charge in [0.2, 0.25) is 0 Å².